The van der Waals surface area contributed by atoms with E-state index in [1.54, 1.807) is 0 Å². The molecule has 3 aliphatic rings. The van der Waals surface area contributed by atoms with E-state index >= 15 is 0 Å². The molecule has 0 N–H and O–H groups in total. The van der Waals surface area contributed by atoms with Crippen LogP contribution in [0.4, 0.5) is 0 Å². The number of nitrogens with zero attached hydrogens (tertiary/aromatic N) is 3. The molecular formula is C21H31N3O. The fourth-order valence-corrected chi connectivity index (χ4v) is 4.78. The highest BCUT2D eigenvalue weighted by Gasteiger charge is 2.38. The molecule has 1 aromatic carbocycles. The van der Waals surface area contributed by atoms with E-state index in [1.165, 1.54) is 64.1 Å². The summed E-state index contributed by atoms with van der Waals surface area (Å²) in [6.07, 6.45) is 4.00. The molecule has 0 radical (unpaired) electrons. The first-order valence-electron chi connectivity index (χ1n) is 10.00. The second-order valence-electron chi connectivity index (χ2n) is 8.23. The highest BCUT2D eigenvalue weighted by molar-refractivity contribution is 5.94. The van der Waals surface area contributed by atoms with E-state index in [0.717, 1.165) is 18.7 Å². The number of hydrogen-bond donors (Lipinski definition) is 0. The van der Waals surface area contributed by atoms with Crippen LogP contribution in [0.2, 0.25) is 0 Å². The molecule has 4 rings (SSSR count). The predicted molar refractivity (Wildman–Crippen MR) is 101 cm³/mol. The van der Waals surface area contributed by atoms with Gasteiger partial charge in [-0.25, -0.2) is 0 Å². The van der Waals surface area contributed by atoms with Crippen LogP contribution in [-0.4, -0.2) is 73.0 Å². The molecule has 0 spiro atoms. The topological polar surface area (TPSA) is 26.8 Å². The first kappa shape index (κ1) is 17.0. The molecular weight excluding hydrogens is 310 g/mol. The molecule has 3 saturated heterocycles. The van der Waals surface area contributed by atoms with Crippen LogP contribution in [-0.2, 0) is 0 Å². The van der Waals surface area contributed by atoms with Crippen LogP contribution in [0.15, 0.2) is 24.3 Å². The zero-order valence-corrected chi connectivity index (χ0v) is 15.5. The van der Waals surface area contributed by atoms with Gasteiger partial charge in [0.2, 0.25) is 0 Å². The number of rotatable bonds is 4. The zero-order valence-electron chi connectivity index (χ0n) is 15.5. The van der Waals surface area contributed by atoms with E-state index in [-0.39, 0.29) is 5.91 Å². The van der Waals surface area contributed by atoms with Gasteiger partial charge in [-0.05, 0) is 69.8 Å². The van der Waals surface area contributed by atoms with Crippen molar-refractivity contribution in [2.24, 2.45) is 11.8 Å². The van der Waals surface area contributed by atoms with Crippen molar-refractivity contribution in [2.75, 3.05) is 52.4 Å². The standard InChI is InChI=1S/C21H31N3O/c1-17-4-6-18(7-5-17)21(25)24-15-19-8-11-23(14-20(19)16-24)13-12-22-9-2-3-10-22/h4-7,19-20H,2-3,8-16H2,1H3/t19-,20+/m0/s1. The molecule has 4 nitrogen and oxygen atoms in total. The number of piperidine rings is 1. The van der Waals surface area contributed by atoms with Gasteiger partial charge in [0.15, 0.2) is 0 Å². The number of aryl methyl sites for hydroxylation is 1. The summed E-state index contributed by atoms with van der Waals surface area (Å²) < 4.78 is 0. The second-order valence-corrected chi connectivity index (χ2v) is 8.23. The fourth-order valence-electron chi connectivity index (χ4n) is 4.78. The van der Waals surface area contributed by atoms with Crippen LogP contribution in [0.3, 0.4) is 0 Å². The highest BCUT2D eigenvalue weighted by atomic mass is 16.2. The summed E-state index contributed by atoms with van der Waals surface area (Å²) in [6.45, 7) is 11.4. The molecule has 3 fully saturated rings. The third-order valence-electron chi connectivity index (χ3n) is 6.40. The number of hydrogen-bond acceptors (Lipinski definition) is 3. The van der Waals surface area contributed by atoms with Gasteiger partial charge in [-0.15, -0.1) is 0 Å². The Hall–Kier alpha value is -1.39. The fraction of sp³-hybridized carbons (Fsp3) is 0.667. The van der Waals surface area contributed by atoms with Crippen molar-refractivity contribution in [1.29, 1.82) is 0 Å². The van der Waals surface area contributed by atoms with Gasteiger partial charge in [0, 0.05) is 38.3 Å². The molecule has 3 aliphatic heterocycles. The van der Waals surface area contributed by atoms with Gasteiger partial charge in [-0.2, -0.15) is 0 Å². The van der Waals surface area contributed by atoms with Crippen molar-refractivity contribution in [1.82, 2.24) is 14.7 Å². The molecule has 2 atom stereocenters. The Morgan fingerprint density at radius 2 is 1.60 bits per heavy atom. The van der Waals surface area contributed by atoms with Crippen LogP contribution in [0.25, 0.3) is 0 Å². The van der Waals surface area contributed by atoms with Gasteiger partial charge in [0.1, 0.15) is 0 Å². The van der Waals surface area contributed by atoms with Gasteiger partial charge >= 0.3 is 0 Å². The Labute approximate surface area is 151 Å². The minimum absolute atomic E-state index is 0.220. The minimum Gasteiger partial charge on any atom is -0.338 e. The number of carbonyl (C=O) groups excluding carboxylic acids is 1. The molecule has 3 heterocycles. The lowest BCUT2D eigenvalue weighted by atomic mass is 9.89. The normalized spacial score (nSPS) is 27.6. The number of likely N-dealkylation sites (tertiary alicyclic amines) is 3. The van der Waals surface area contributed by atoms with E-state index in [2.05, 4.69) is 21.6 Å². The first-order valence-corrected chi connectivity index (χ1v) is 10.00. The molecule has 4 heteroatoms. The summed E-state index contributed by atoms with van der Waals surface area (Å²) in [7, 11) is 0. The summed E-state index contributed by atoms with van der Waals surface area (Å²) in [4.78, 5) is 20.1. The van der Waals surface area contributed by atoms with Crippen LogP contribution in [0, 0.1) is 18.8 Å². The molecule has 25 heavy (non-hydrogen) atoms. The van der Waals surface area contributed by atoms with Gasteiger partial charge in [0.25, 0.3) is 5.91 Å². The maximum absolute atomic E-state index is 12.8. The molecule has 0 aromatic heterocycles. The van der Waals surface area contributed by atoms with Crippen molar-refractivity contribution >= 4 is 5.91 Å². The van der Waals surface area contributed by atoms with Crippen molar-refractivity contribution in [2.45, 2.75) is 26.2 Å². The van der Waals surface area contributed by atoms with E-state index in [4.69, 9.17) is 0 Å². The molecule has 136 valence electrons. The summed E-state index contributed by atoms with van der Waals surface area (Å²) in [5.41, 5.74) is 2.05. The van der Waals surface area contributed by atoms with Gasteiger partial charge in [-0.3, -0.25) is 4.79 Å². The van der Waals surface area contributed by atoms with Crippen LogP contribution >= 0.6 is 0 Å². The average Bonchev–Trinajstić information content (AvgIpc) is 3.29. The molecule has 0 saturated carbocycles. The third-order valence-corrected chi connectivity index (χ3v) is 6.40. The third kappa shape index (κ3) is 3.90. The summed E-state index contributed by atoms with van der Waals surface area (Å²) >= 11 is 0. The molecule has 0 unspecified atom stereocenters. The second kappa shape index (κ2) is 7.46. The monoisotopic (exact) mass is 341 g/mol. The predicted octanol–water partition coefficient (Wildman–Crippen LogP) is 2.48. The molecule has 0 aliphatic carbocycles. The summed E-state index contributed by atoms with van der Waals surface area (Å²) in [5, 5.41) is 0. The highest BCUT2D eigenvalue weighted by Crippen LogP contribution is 2.32. The summed E-state index contributed by atoms with van der Waals surface area (Å²) in [6, 6.07) is 8.02. The van der Waals surface area contributed by atoms with Crippen molar-refractivity contribution in [3.63, 3.8) is 0 Å². The average molecular weight is 341 g/mol. The van der Waals surface area contributed by atoms with E-state index in [9.17, 15) is 4.79 Å². The Bertz CT molecular complexity index is 594. The lowest BCUT2D eigenvalue weighted by Gasteiger charge is -2.35. The van der Waals surface area contributed by atoms with Crippen LogP contribution in [0.1, 0.15) is 35.2 Å². The molecule has 1 amide bonds. The van der Waals surface area contributed by atoms with Crippen molar-refractivity contribution in [3.05, 3.63) is 35.4 Å². The number of carbonyl (C=O) groups is 1. The van der Waals surface area contributed by atoms with Crippen molar-refractivity contribution in [3.8, 4) is 0 Å². The van der Waals surface area contributed by atoms with Gasteiger partial charge < -0.3 is 14.7 Å². The molecule has 0 bridgehead atoms. The van der Waals surface area contributed by atoms with Crippen molar-refractivity contribution < 1.29 is 4.79 Å². The van der Waals surface area contributed by atoms with Crippen LogP contribution in [0.5, 0.6) is 0 Å². The lowest BCUT2D eigenvalue weighted by Crippen LogP contribution is -2.43. The lowest BCUT2D eigenvalue weighted by molar-refractivity contribution is 0.0783. The smallest absolute Gasteiger partial charge is 0.253 e. The Kier molecular flexibility index (Phi) is 5.09. The molecule has 1 aromatic rings. The maximum atomic E-state index is 12.8. The first-order chi connectivity index (χ1) is 12.2. The number of benzene rings is 1. The summed E-state index contributed by atoms with van der Waals surface area (Å²) in [5.74, 6) is 1.59. The maximum Gasteiger partial charge on any atom is 0.253 e. The Morgan fingerprint density at radius 1 is 0.920 bits per heavy atom. The zero-order chi connectivity index (χ0) is 17.2. The van der Waals surface area contributed by atoms with E-state index < -0.39 is 0 Å². The largest absolute Gasteiger partial charge is 0.338 e. The minimum atomic E-state index is 0.220. The Balaban J connectivity index is 1.30. The van der Waals surface area contributed by atoms with E-state index in [0.29, 0.717) is 11.8 Å². The number of amides is 1. The number of fused-ring (bicyclic) bond motifs is 1. The van der Waals surface area contributed by atoms with Gasteiger partial charge in [-0.1, -0.05) is 17.7 Å². The van der Waals surface area contributed by atoms with Crippen LogP contribution < -0.4 is 0 Å². The van der Waals surface area contributed by atoms with E-state index in [1.807, 2.05) is 24.3 Å². The SMILES string of the molecule is Cc1ccc(C(=O)N2C[C@H]3CN(CCN4CCCC4)CC[C@H]3C2)cc1. The quantitative estimate of drug-likeness (QED) is 0.842. The van der Waals surface area contributed by atoms with Gasteiger partial charge in [0.05, 0.1) is 0 Å². The Morgan fingerprint density at radius 3 is 2.36 bits per heavy atom.